The van der Waals surface area contributed by atoms with E-state index in [2.05, 4.69) is 39.0 Å². The highest BCUT2D eigenvalue weighted by molar-refractivity contribution is 5.32. The molecule has 1 aliphatic carbocycles. The second-order valence-electron chi connectivity index (χ2n) is 6.37. The van der Waals surface area contributed by atoms with Gasteiger partial charge < -0.3 is 10.5 Å². The maximum absolute atomic E-state index is 6.59. The maximum atomic E-state index is 6.59. The molecule has 2 heteroatoms. The van der Waals surface area contributed by atoms with Gasteiger partial charge in [0.1, 0.15) is 0 Å². The molecule has 1 aromatic rings. The van der Waals surface area contributed by atoms with E-state index in [4.69, 9.17) is 10.5 Å². The summed E-state index contributed by atoms with van der Waals surface area (Å²) >= 11 is 0. The van der Waals surface area contributed by atoms with Crippen molar-refractivity contribution in [1.29, 1.82) is 0 Å². The van der Waals surface area contributed by atoms with Crippen LogP contribution in [0.15, 0.2) is 18.2 Å². The molecule has 19 heavy (non-hydrogen) atoms. The molecule has 1 aromatic carbocycles. The van der Waals surface area contributed by atoms with Crippen molar-refractivity contribution in [3.8, 4) is 0 Å². The maximum Gasteiger partial charge on any atom is 0.0872 e. The number of benzene rings is 1. The van der Waals surface area contributed by atoms with Crippen molar-refractivity contribution in [3.05, 3.63) is 34.9 Å². The molecule has 2 N–H and O–H groups in total. The fraction of sp³-hybridized carbons (Fsp3) is 0.647. The zero-order valence-electron chi connectivity index (χ0n) is 12.7. The summed E-state index contributed by atoms with van der Waals surface area (Å²) < 4.78 is 5.92. The minimum Gasteiger partial charge on any atom is -0.376 e. The van der Waals surface area contributed by atoms with Crippen LogP contribution in [0.4, 0.5) is 0 Å². The molecule has 0 radical (unpaired) electrons. The van der Waals surface area contributed by atoms with Crippen LogP contribution in [0, 0.1) is 19.8 Å². The third kappa shape index (κ3) is 3.01. The molecule has 2 nitrogen and oxygen atoms in total. The van der Waals surface area contributed by atoms with Crippen molar-refractivity contribution in [2.24, 2.45) is 11.7 Å². The van der Waals surface area contributed by atoms with E-state index in [1.165, 1.54) is 29.5 Å². The van der Waals surface area contributed by atoms with Crippen molar-refractivity contribution in [3.63, 3.8) is 0 Å². The molecule has 3 unspecified atom stereocenters. The predicted molar refractivity (Wildman–Crippen MR) is 80.2 cm³/mol. The lowest BCUT2D eigenvalue weighted by molar-refractivity contribution is -0.0718. The molecule has 2 rings (SSSR count). The zero-order valence-corrected chi connectivity index (χ0v) is 12.7. The molecule has 0 aliphatic heterocycles. The van der Waals surface area contributed by atoms with Gasteiger partial charge in [0, 0.05) is 7.11 Å². The molecule has 1 fully saturated rings. The Kier molecular flexibility index (Phi) is 4.32. The van der Waals surface area contributed by atoms with Gasteiger partial charge in [0.15, 0.2) is 0 Å². The van der Waals surface area contributed by atoms with Gasteiger partial charge in [0.2, 0.25) is 0 Å². The highest BCUT2D eigenvalue weighted by atomic mass is 16.5. The number of rotatable bonds is 3. The van der Waals surface area contributed by atoms with E-state index >= 15 is 0 Å². The first-order chi connectivity index (χ1) is 8.97. The highest BCUT2D eigenvalue weighted by Gasteiger charge is 2.41. The molecule has 0 spiro atoms. The van der Waals surface area contributed by atoms with Crippen molar-refractivity contribution < 1.29 is 4.74 Å². The van der Waals surface area contributed by atoms with Gasteiger partial charge in [-0.1, -0.05) is 49.1 Å². The van der Waals surface area contributed by atoms with Crippen molar-refractivity contribution in [1.82, 2.24) is 0 Å². The molecular weight excluding hydrogens is 234 g/mol. The lowest BCUT2D eigenvalue weighted by Crippen LogP contribution is -2.46. The van der Waals surface area contributed by atoms with E-state index in [1.807, 2.05) is 7.11 Å². The monoisotopic (exact) mass is 261 g/mol. The normalized spacial score (nSPS) is 29.2. The number of ether oxygens (including phenoxy) is 1. The molecular formula is C17H27NO. The van der Waals surface area contributed by atoms with Gasteiger partial charge in [-0.2, -0.15) is 0 Å². The van der Waals surface area contributed by atoms with Gasteiger partial charge in [-0.25, -0.2) is 0 Å². The van der Waals surface area contributed by atoms with E-state index in [0.29, 0.717) is 5.92 Å². The second kappa shape index (κ2) is 5.64. The largest absolute Gasteiger partial charge is 0.376 e. The summed E-state index contributed by atoms with van der Waals surface area (Å²) in [5, 5.41) is 0. The standard InChI is InChI=1S/C17H27NO/c1-12-6-5-7-17(11-12,19-4)16(18)15-9-13(2)8-14(3)10-15/h8-10,12,16H,5-7,11,18H2,1-4H3. The SMILES string of the molecule is COC1(C(N)c2cc(C)cc(C)c2)CCCC(C)C1. The van der Waals surface area contributed by atoms with E-state index in [9.17, 15) is 0 Å². The van der Waals surface area contributed by atoms with E-state index in [-0.39, 0.29) is 11.6 Å². The number of hydrogen-bond donors (Lipinski definition) is 1. The molecule has 1 aliphatic rings. The summed E-state index contributed by atoms with van der Waals surface area (Å²) in [7, 11) is 1.82. The first-order valence-electron chi connectivity index (χ1n) is 7.36. The first-order valence-corrected chi connectivity index (χ1v) is 7.36. The summed E-state index contributed by atoms with van der Waals surface area (Å²) in [4.78, 5) is 0. The van der Waals surface area contributed by atoms with Crippen LogP contribution >= 0.6 is 0 Å². The van der Waals surface area contributed by atoms with Crippen LogP contribution in [0.1, 0.15) is 55.3 Å². The fourth-order valence-electron chi connectivity index (χ4n) is 3.63. The molecule has 0 amide bonds. The molecule has 0 aromatic heterocycles. The molecule has 0 bridgehead atoms. The highest BCUT2D eigenvalue weighted by Crippen LogP contribution is 2.42. The third-order valence-electron chi connectivity index (χ3n) is 4.57. The Morgan fingerprint density at radius 3 is 2.42 bits per heavy atom. The van der Waals surface area contributed by atoms with E-state index in [1.54, 1.807) is 0 Å². The first kappa shape index (κ1) is 14.5. The van der Waals surface area contributed by atoms with Crippen LogP contribution < -0.4 is 5.73 Å². The molecule has 1 saturated carbocycles. The lowest BCUT2D eigenvalue weighted by Gasteiger charge is -2.43. The summed E-state index contributed by atoms with van der Waals surface area (Å²) in [6.07, 6.45) is 4.65. The Balaban J connectivity index is 2.31. The summed E-state index contributed by atoms with van der Waals surface area (Å²) in [5.41, 5.74) is 10.2. The lowest BCUT2D eigenvalue weighted by atomic mass is 9.73. The van der Waals surface area contributed by atoms with Gasteiger partial charge >= 0.3 is 0 Å². The molecule has 106 valence electrons. The van der Waals surface area contributed by atoms with E-state index in [0.717, 1.165) is 12.8 Å². The second-order valence-corrected chi connectivity index (χ2v) is 6.37. The van der Waals surface area contributed by atoms with Gasteiger partial charge in [0.25, 0.3) is 0 Å². The third-order valence-corrected chi connectivity index (χ3v) is 4.57. The van der Waals surface area contributed by atoms with E-state index < -0.39 is 0 Å². The minimum absolute atomic E-state index is 0.0288. The zero-order chi connectivity index (χ0) is 14.0. The quantitative estimate of drug-likeness (QED) is 0.895. The van der Waals surface area contributed by atoms with Crippen molar-refractivity contribution >= 4 is 0 Å². The molecule has 0 heterocycles. The Bertz CT molecular complexity index is 423. The summed E-state index contributed by atoms with van der Waals surface area (Å²) in [5.74, 6) is 0.700. The number of aryl methyl sites for hydroxylation is 2. The van der Waals surface area contributed by atoms with Gasteiger partial charge in [-0.05, 0) is 38.2 Å². The van der Waals surface area contributed by atoms with Crippen molar-refractivity contribution in [2.45, 2.75) is 58.1 Å². The Hall–Kier alpha value is -0.860. The number of hydrogen-bond acceptors (Lipinski definition) is 2. The summed E-state index contributed by atoms with van der Waals surface area (Å²) in [6, 6.07) is 6.58. The number of nitrogens with two attached hydrogens (primary N) is 1. The summed E-state index contributed by atoms with van der Waals surface area (Å²) in [6.45, 7) is 6.57. The predicted octanol–water partition coefficient (Wildman–Crippen LogP) is 3.90. The average Bonchev–Trinajstić information content (AvgIpc) is 2.36. The van der Waals surface area contributed by atoms with Crippen LogP contribution in [-0.4, -0.2) is 12.7 Å². The molecule has 0 saturated heterocycles. The van der Waals surface area contributed by atoms with Crippen LogP contribution in [0.2, 0.25) is 0 Å². The Labute approximate surface area is 117 Å². The van der Waals surface area contributed by atoms with Crippen LogP contribution in [0.3, 0.4) is 0 Å². The van der Waals surface area contributed by atoms with Crippen LogP contribution in [-0.2, 0) is 4.74 Å². The Morgan fingerprint density at radius 1 is 1.26 bits per heavy atom. The van der Waals surface area contributed by atoms with Gasteiger partial charge in [-0.15, -0.1) is 0 Å². The smallest absolute Gasteiger partial charge is 0.0872 e. The topological polar surface area (TPSA) is 35.2 Å². The Morgan fingerprint density at radius 2 is 1.89 bits per heavy atom. The molecule has 3 atom stereocenters. The number of methoxy groups -OCH3 is 1. The average molecular weight is 261 g/mol. The van der Waals surface area contributed by atoms with Gasteiger partial charge in [-0.3, -0.25) is 0 Å². The van der Waals surface area contributed by atoms with Crippen molar-refractivity contribution in [2.75, 3.05) is 7.11 Å². The fourth-order valence-corrected chi connectivity index (χ4v) is 3.63. The van der Waals surface area contributed by atoms with Crippen LogP contribution in [0.25, 0.3) is 0 Å². The minimum atomic E-state index is -0.183. The van der Waals surface area contributed by atoms with Crippen LogP contribution in [0.5, 0.6) is 0 Å². The van der Waals surface area contributed by atoms with Gasteiger partial charge in [0.05, 0.1) is 11.6 Å².